The van der Waals surface area contributed by atoms with Gasteiger partial charge in [-0.3, -0.25) is 0 Å². The van der Waals surface area contributed by atoms with Gasteiger partial charge in [0.15, 0.2) is 0 Å². The molecule has 4 aromatic carbocycles. The molecule has 0 radical (unpaired) electrons. The van der Waals surface area contributed by atoms with E-state index < -0.39 is 6.16 Å². The number of phenolic OH excluding ortho intramolecular Hbond substituents is 2. The first-order valence-electron chi connectivity index (χ1n) is 21.2. The zero-order valence-electron chi connectivity index (χ0n) is 32.4. The number of benzene rings is 4. The van der Waals surface area contributed by atoms with Crippen LogP contribution < -0.4 is 9.47 Å². The van der Waals surface area contributed by atoms with Crippen molar-refractivity contribution in [2.75, 3.05) is 0 Å². The quantitative estimate of drug-likeness (QED) is 0.153. The molecule has 0 bridgehead atoms. The first-order chi connectivity index (χ1) is 26.5. The van der Waals surface area contributed by atoms with Crippen LogP contribution in [0.1, 0.15) is 164 Å². The van der Waals surface area contributed by atoms with E-state index in [1.165, 1.54) is 112 Å². The first kappa shape index (κ1) is 39.4. The fraction of sp³-hybridized carbons (Fsp3) is 0.490. The Morgan fingerprint density at radius 2 is 0.574 bits per heavy atom. The summed E-state index contributed by atoms with van der Waals surface area (Å²) in [6, 6.07) is 31.6. The Morgan fingerprint density at radius 3 is 0.833 bits per heavy atom. The molecular weight excluding hydrogens is 669 g/mol. The van der Waals surface area contributed by atoms with Crippen molar-refractivity contribution in [1.29, 1.82) is 0 Å². The summed E-state index contributed by atoms with van der Waals surface area (Å²) >= 11 is 0. The molecule has 54 heavy (non-hydrogen) atoms. The standard InChI is InChI=1S/C49H62O5/c50-43-27-19-39(20-28-43)48(35-15-11-7-3-1-4-8-12-16-36-48)41-23-31-45(32-24-41)53-47(52)54-46-33-25-42(26-34-46)49(40-21-29-44(51)30-22-40)37-17-13-9-5-2-6-10-14-18-38-49/h19-34,50-51H,1-18,35-38H2. The van der Waals surface area contributed by atoms with Gasteiger partial charge in [-0.15, -0.1) is 0 Å². The lowest BCUT2D eigenvalue weighted by Gasteiger charge is -2.36. The fourth-order valence-corrected chi connectivity index (χ4v) is 9.38. The van der Waals surface area contributed by atoms with Crippen LogP contribution in [0, 0.1) is 0 Å². The zero-order chi connectivity index (χ0) is 37.5. The van der Waals surface area contributed by atoms with E-state index in [2.05, 4.69) is 48.5 Å². The number of rotatable bonds is 6. The summed E-state index contributed by atoms with van der Waals surface area (Å²) in [5.41, 5.74) is 4.57. The van der Waals surface area contributed by atoms with Crippen LogP contribution in [0.5, 0.6) is 23.0 Å². The number of ether oxygens (including phenoxy) is 2. The van der Waals surface area contributed by atoms with E-state index in [0.717, 1.165) is 51.4 Å². The van der Waals surface area contributed by atoms with E-state index >= 15 is 0 Å². The highest BCUT2D eigenvalue weighted by molar-refractivity contribution is 5.67. The number of carbonyl (C=O) groups excluding carboxylic acids is 1. The molecule has 2 aliphatic rings. The molecule has 0 atom stereocenters. The van der Waals surface area contributed by atoms with Gasteiger partial charge in [0.05, 0.1) is 0 Å². The highest BCUT2D eigenvalue weighted by Gasteiger charge is 2.35. The van der Waals surface area contributed by atoms with Gasteiger partial charge < -0.3 is 19.7 Å². The average molecular weight is 731 g/mol. The van der Waals surface area contributed by atoms with Crippen LogP contribution in [-0.4, -0.2) is 16.4 Å². The van der Waals surface area contributed by atoms with E-state index in [1.54, 1.807) is 0 Å². The van der Waals surface area contributed by atoms with Gasteiger partial charge >= 0.3 is 6.16 Å². The van der Waals surface area contributed by atoms with Gasteiger partial charge in [0.1, 0.15) is 23.0 Å². The molecule has 0 aromatic heterocycles. The summed E-state index contributed by atoms with van der Waals surface area (Å²) in [6.45, 7) is 0. The lowest BCUT2D eigenvalue weighted by atomic mass is 9.67. The maximum atomic E-state index is 13.1. The van der Waals surface area contributed by atoms with E-state index in [9.17, 15) is 15.0 Å². The van der Waals surface area contributed by atoms with E-state index in [4.69, 9.17) is 9.47 Å². The Balaban J connectivity index is 1.17. The van der Waals surface area contributed by atoms with Gasteiger partial charge in [-0.1, -0.05) is 164 Å². The summed E-state index contributed by atoms with van der Waals surface area (Å²) < 4.78 is 11.5. The Morgan fingerprint density at radius 1 is 0.352 bits per heavy atom. The van der Waals surface area contributed by atoms with Crippen LogP contribution in [-0.2, 0) is 10.8 Å². The van der Waals surface area contributed by atoms with Crippen LogP contribution in [0.15, 0.2) is 97.1 Å². The molecule has 288 valence electrons. The summed E-state index contributed by atoms with van der Waals surface area (Å²) in [5.74, 6) is 1.47. The number of hydrogen-bond acceptors (Lipinski definition) is 5. The Kier molecular flexibility index (Phi) is 14.5. The van der Waals surface area contributed by atoms with Gasteiger partial charge in [-0.25, -0.2) is 4.79 Å². The monoisotopic (exact) mass is 730 g/mol. The van der Waals surface area contributed by atoms with Crippen molar-refractivity contribution in [2.45, 2.75) is 152 Å². The molecule has 0 saturated heterocycles. The van der Waals surface area contributed by atoms with Crippen molar-refractivity contribution < 1.29 is 24.5 Å². The van der Waals surface area contributed by atoms with Crippen LogP contribution >= 0.6 is 0 Å². The van der Waals surface area contributed by atoms with Gasteiger partial charge in [0, 0.05) is 10.8 Å². The van der Waals surface area contributed by atoms with E-state index in [1.807, 2.05) is 48.5 Å². The SMILES string of the molecule is O=C(Oc1ccc(C2(c3ccc(O)cc3)CCCCCCCCCCC2)cc1)Oc1ccc(C2(c3ccc(O)cc3)CCCCCCCCCCC2)cc1. The molecule has 2 saturated carbocycles. The third-order valence-corrected chi connectivity index (χ3v) is 12.5. The minimum Gasteiger partial charge on any atom is -0.508 e. The number of hydrogen-bond donors (Lipinski definition) is 2. The van der Waals surface area contributed by atoms with Gasteiger partial charge in [-0.2, -0.15) is 0 Å². The second-order valence-corrected chi connectivity index (χ2v) is 16.1. The normalized spacial score (nSPS) is 19.1. The number of carbonyl (C=O) groups is 1. The number of phenols is 2. The van der Waals surface area contributed by atoms with Gasteiger partial charge in [0.25, 0.3) is 0 Å². The van der Waals surface area contributed by atoms with Crippen LogP contribution in [0.25, 0.3) is 0 Å². The highest BCUT2D eigenvalue weighted by atomic mass is 16.7. The molecule has 0 heterocycles. The lowest BCUT2D eigenvalue weighted by molar-refractivity contribution is 0.152. The van der Waals surface area contributed by atoms with Crippen molar-refractivity contribution in [3.05, 3.63) is 119 Å². The molecule has 5 heteroatoms. The van der Waals surface area contributed by atoms with E-state index in [0.29, 0.717) is 11.5 Å². The minimum absolute atomic E-state index is 0.168. The maximum Gasteiger partial charge on any atom is 0.519 e. The topological polar surface area (TPSA) is 76.0 Å². The lowest BCUT2D eigenvalue weighted by Crippen LogP contribution is -2.28. The summed E-state index contributed by atoms with van der Waals surface area (Å²) in [7, 11) is 0. The van der Waals surface area contributed by atoms with Crippen LogP contribution in [0.2, 0.25) is 0 Å². The zero-order valence-corrected chi connectivity index (χ0v) is 32.4. The molecule has 0 amide bonds. The van der Waals surface area contributed by atoms with Crippen molar-refractivity contribution in [2.24, 2.45) is 0 Å². The average Bonchev–Trinajstić information content (AvgIpc) is 3.17. The van der Waals surface area contributed by atoms with Crippen molar-refractivity contribution >= 4 is 6.16 Å². The van der Waals surface area contributed by atoms with Crippen molar-refractivity contribution in [3.63, 3.8) is 0 Å². The predicted octanol–water partition coefficient (Wildman–Crippen LogP) is 13.9. The van der Waals surface area contributed by atoms with Gasteiger partial charge in [0.2, 0.25) is 0 Å². The predicted molar refractivity (Wildman–Crippen MR) is 219 cm³/mol. The summed E-state index contributed by atoms with van der Waals surface area (Å²) in [5, 5.41) is 20.2. The highest BCUT2D eigenvalue weighted by Crippen LogP contribution is 2.45. The molecular formula is C49H62O5. The smallest absolute Gasteiger partial charge is 0.508 e. The van der Waals surface area contributed by atoms with Gasteiger partial charge in [-0.05, 0) is 96.5 Å². The molecule has 2 N–H and O–H groups in total. The molecule has 0 unspecified atom stereocenters. The molecule has 2 fully saturated rings. The minimum atomic E-state index is -0.756. The van der Waals surface area contributed by atoms with Crippen LogP contribution in [0.4, 0.5) is 4.79 Å². The largest absolute Gasteiger partial charge is 0.519 e. The fourth-order valence-electron chi connectivity index (χ4n) is 9.38. The summed E-state index contributed by atoms with van der Waals surface area (Å²) in [4.78, 5) is 13.1. The number of aromatic hydroxyl groups is 2. The molecule has 0 spiro atoms. The van der Waals surface area contributed by atoms with Crippen molar-refractivity contribution in [1.82, 2.24) is 0 Å². The molecule has 4 aromatic rings. The molecule has 6 rings (SSSR count). The maximum absolute atomic E-state index is 13.1. The van der Waals surface area contributed by atoms with E-state index in [-0.39, 0.29) is 22.3 Å². The first-order valence-corrected chi connectivity index (χ1v) is 21.2. The Hall–Kier alpha value is -4.25. The third kappa shape index (κ3) is 10.5. The second kappa shape index (κ2) is 19.9. The Labute approximate surface area is 324 Å². The third-order valence-electron chi connectivity index (χ3n) is 12.5. The summed E-state index contributed by atoms with van der Waals surface area (Å²) in [6.07, 6.45) is 26.0. The molecule has 0 aliphatic heterocycles. The molecule has 2 aliphatic carbocycles. The molecule has 5 nitrogen and oxygen atoms in total. The second-order valence-electron chi connectivity index (χ2n) is 16.1. The van der Waals surface area contributed by atoms with Crippen molar-refractivity contribution in [3.8, 4) is 23.0 Å². The van der Waals surface area contributed by atoms with Crippen LogP contribution in [0.3, 0.4) is 0 Å². The Bertz CT molecular complexity index is 1540.